The normalized spacial score (nSPS) is 12.3. The van der Waals surface area contributed by atoms with E-state index in [1.165, 1.54) is 0 Å². The van der Waals surface area contributed by atoms with Crippen LogP contribution in [0.3, 0.4) is 0 Å². The maximum absolute atomic E-state index is 6.06. The zero-order valence-electron chi connectivity index (χ0n) is 10.7. The van der Waals surface area contributed by atoms with Gasteiger partial charge in [0, 0.05) is 24.2 Å². The third-order valence-electron chi connectivity index (χ3n) is 3.56. The van der Waals surface area contributed by atoms with Gasteiger partial charge in [0.05, 0.1) is 11.6 Å². The number of halogens is 1. The van der Waals surface area contributed by atoms with Gasteiger partial charge >= 0.3 is 0 Å². The first-order chi connectivity index (χ1) is 8.01. The zero-order valence-corrected chi connectivity index (χ0v) is 12.3. The topological polar surface area (TPSA) is 20.5 Å². The number of fused-ring (bicyclic) bond motifs is 1. The highest BCUT2D eigenvalue weighted by Crippen LogP contribution is 2.30. The van der Waals surface area contributed by atoms with Gasteiger partial charge in [-0.3, -0.25) is 4.40 Å². The van der Waals surface area contributed by atoms with Crippen LogP contribution in [-0.2, 0) is 5.88 Å². The van der Waals surface area contributed by atoms with Crippen molar-refractivity contribution >= 4 is 33.7 Å². The lowest BCUT2D eigenvalue weighted by atomic mass is 10.00. The Bertz CT molecular complexity index is 515. The monoisotopic (exact) mass is 271 g/mol. The number of hydrogen-bond donors (Lipinski definition) is 0. The van der Waals surface area contributed by atoms with Gasteiger partial charge in [-0.05, 0) is 20.3 Å². The number of thiazole rings is 1. The lowest BCUT2D eigenvalue weighted by Gasteiger charge is -2.35. The number of rotatable bonds is 4. The van der Waals surface area contributed by atoms with E-state index in [1.807, 2.05) is 11.6 Å². The molecule has 0 aliphatic heterocycles. The van der Waals surface area contributed by atoms with Crippen molar-refractivity contribution in [1.82, 2.24) is 9.38 Å². The van der Waals surface area contributed by atoms with Gasteiger partial charge in [-0.1, -0.05) is 6.92 Å². The first-order valence-corrected chi connectivity index (χ1v) is 7.17. The molecule has 0 unspecified atom stereocenters. The first-order valence-electron chi connectivity index (χ1n) is 5.75. The highest BCUT2D eigenvalue weighted by Gasteiger charge is 2.26. The molecule has 2 aromatic heterocycles. The molecule has 0 spiro atoms. The lowest BCUT2D eigenvalue weighted by Crippen LogP contribution is -2.41. The molecule has 0 amide bonds. The van der Waals surface area contributed by atoms with Crippen LogP contribution in [0, 0.1) is 0 Å². The van der Waals surface area contributed by atoms with Crippen LogP contribution < -0.4 is 4.90 Å². The molecule has 0 atom stereocenters. The predicted octanol–water partition coefficient (Wildman–Crippen LogP) is 3.76. The van der Waals surface area contributed by atoms with Crippen molar-refractivity contribution in [2.75, 3.05) is 11.9 Å². The molecule has 0 aliphatic rings. The van der Waals surface area contributed by atoms with Crippen LogP contribution in [-0.4, -0.2) is 22.0 Å². The maximum Gasteiger partial charge on any atom is 0.195 e. The Morgan fingerprint density at radius 1 is 1.53 bits per heavy atom. The Morgan fingerprint density at radius 2 is 2.24 bits per heavy atom. The predicted molar refractivity (Wildman–Crippen MR) is 75.4 cm³/mol. The van der Waals surface area contributed by atoms with E-state index in [2.05, 4.69) is 42.1 Å². The van der Waals surface area contributed by atoms with Crippen LogP contribution in [0.5, 0.6) is 0 Å². The standard InChI is InChI=1S/C12H18ClN3S/c1-5-12(2,3)15(4)10-9(8-13)16-6-7-17-11(16)14-10/h6-7H,5,8H2,1-4H3. The fourth-order valence-electron chi connectivity index (χ4n) is 1.74. The van der Waals surface area contributed by atoms with E-state index in [1.54, 1.807) is 11.3 Å². The number of imidazole rings is 1. The molecule has 0 fully saturated rings. The van der Waals surface area contributed by atoms with Crippen molar-refractivity contribution in [2.45, 2.75) is 38.6 Å². The summed E-state index contributed by atoms with van der Waals surface area (Å²) in [4.78, 5) is 7.92. The van der Waals surface area contributed by atoms with E-state index < -0.39 is 0 Å². The second-order valence-corrected chi connectivity index (χ2v) is 5.94. The molecular formula is C12H18ClN3S. The Hall–Kier alpha value is -0.740. The average molecular weight is 272 g/mol. The largest absolute Gasteiger partial charge is 0.353 e. The van der Waals surface area contributed by atoms with Crippen molar-refractivity contribution in [2.24, 2.45) is 0 Å². The van der Waals surface area contributed by atoms with E-state index in [9.17, 15) is 0 Å². The highest BCUT2D eigenvalue weighted by atomic mass is 35.5. The van der Waals surface area contributed by atoms with Gasteiger partial charge in [0.2, 0.25) is 0 Å². The fraction of sp³-hybridized carbons (Fsp3) is 0.583. The molecule has 94 valence electrons. The van der Waals surface area contributed by atoms with E-state index in [4.69, 9.17) is 11.6 Å². The summed E-state index contributed by atoms with van der Waals surface area (Å²) in [5.41, 5.74) is 1.16. The summed E-state index contributed by atoms with van der Waals surface area (Å²) in [5, 5.41) is 2.03. The zero-order chi connectivity index (χ0) is 12.6. The summed E-state index contributed by atoms with van der Waals surface area (Å²) in [7, 11) is 2.09. The Kier molecular flexibility index (Phi) is 3.36. The maximum atomic E-state index is 6.06. The molecule has 0 aromatic carbocycles. The number of alkyl halides is 1. The number of aromatic nitrogens is 2. The molecule has 2 rings (SSSR count). The molecule has 0 radical (unpaired) electrons. The third kappa shape index (κ3) is 2.04. The average Bonchev–Trinajstić information content (AvgIpc) is 2.87. The van der Waals surface area contributed by atoms with Crippen LogP contribution in [0.25, 0.3) is 4.96 Å². The van der Waals surface area contributed by atoms with Crippen LogP contribution in [0.15, 0.2) is 11.6 Å². The molecule has 0 N–H and O–H groups in total. The molecule has 2 aromatic rings. The van der Waals surface area contributed by atoms with E-state index in [0.717, 1.165) is 22.9 Å². The summed E-state index contributed by atoms with van der Waals surface area (Å²) in [6, 6.07) is 0. The van der Waals surface area contributed by atoms with Crippen LogP contribution in [0.4, 0.5) is 5.82 Å². The SMILES string of the molecule is CCC(C)(C)N(C)c1nc2sccn2c1CCl. The van der Waals surface area contributed by atoms with Gasteiger partial charge in [0.15, 0.2) is 10.8 Å². The third-order valence-corrected chi connectivity index (χ3v) is 4.57. The second kappa shape index (κ2) is 4.50. The highest BCUT2D eigenvalue weighted by molar-refractivity contribution is 7.15. The van der Waals surface area contributed by atoms with Gasteiger partial charge < -0.3 is 4.90 Å². The van der Waals surface area contributed by atoms with Crippen LogP contribution in [0.2, 0.25) is 0 Å². The molecule has 0 saturated carbocycles. The smallest absolute Gasteiger partial charge is 0.195 e. The number of nitrogens with zero attached hydrogens (tertiary/aromatic N) is 3. The Balaban J connectivity index is 2.51. The molecule has 0 aliphatic carbocycles. The van der Waals surface area contributed by atoms with Crippen molar-refractivity contribution in [3.63, 3.8) is 0 Å². The van der Waals surface area contributed by atoms with Gasteiger partial charge in [-0.25, -0.2) is 4.98 Å². The van der Waals surface area contributed by atoms with Crippen molar-refractivity contribution in [3.8, 4) is 0 Å². The lowest BCUT2D eigenvalue weighted by molar-refractivity contribution is 0.467. The molecule has 2 heterocycles. The summed E-state index contributed by atoms with van der Waals surface area (Å²) < 4.78 is 2.08. The summed E-state index contributed by atoms with van der Waals surface area (Å²) in [5.74, 6) is 1.48. The van der Waals surface area contributed by atoms with Crippen molar-refractivity contribution in [3.05, 3.63) is 17.3 Å². The summed E-state index contributed by atoms with van der Waals surface area (Å²) >= 11 is 7.70. The van der Waals surface area contributed by atoms with Gasteiger partial charge in [0.1, 0.15) is 0 Å². The molecule has 3 nitrogen and oxygen atoms in total. The molecule has 0 saturated heterocycles. The van der Waals surface area contributed by atoms with Crippen LogP contribution >= 0.6 is 22.9 Å². The van der Waals surface area contributed by atoms with E-state index >= 15 is 0 Å². The minimum absolute atomic E-state index is 0.0881. The second-order valence-electron chi connectivity index (χ2n) is 4.80. The Labute approximate surface area is 111 Å². The molecule has 0 bridgehead atoms. The minimum atomic E-state index is 0.0881. The molecular weight excluding hydrogens is 254 g/mol. The van der Waals surface area contributed by atoms with Gasteiger partial charge in [0.25, 0.3) is 0 Å². The van der Waals surface area contributed by atoms with E-state index in [-0.39, 0.29) is 5.54 Å². The van der Waals surface area contributed by atoms with E-state index in [0.29, 0.717) is 5.88 Å². The fourth-order valence-corrected chi connectivity index (χ4v) is 2.71. The van der Waals surface area contributed by atoms with Crippen LogP contribution in [0.1, 0.15) is 32.9 Å². The Morgan fingerprint density at radius 3 is 2.82 bits per heavy atom. The number of hydrogen-bond acceptors (Lipinski definition) is 3. The van der Waals surface area contributed by atoms with Gasteiger partial charge in [-0.15, -0.1) is 22.9 Å². The quantitative estimate of drug-likeness (QED) is 0.790. The first kappa shape index (κ1) is 12.7. The van der Waals surface area contributed by atoms with Gasteiger partial charge in [-0.2, -0.15) is 0 Å². The minimum Gasteiger partial charge on any atom is -0.353 e. The van der Waals surface area contributed by atoms with Crippen molar-refractivity contribution in [1.29, 1.82) is 0 Å². The molecule has 17 heavy (non-hydrogen) atoms. The number of anilines is 1. The molecule has 5 heteroatoms. The van der Waals surface area contributed by atoms with Crippen molar-refractivity contribution < 1.29 is 0 Å². The summed E-state index contributed by atoms with van der Waals surface area (Å²) in [6.45, 7) is 6.63. The summed E-state index contributed by atoms with van der Waals surface area (Å²) in [6.07, 6.45) is 3.09.